The van der Waals surface area contributed by atoms with Crippen LogP contribution in [0.25, 0.3) is 0 Å². The van der Waals surface area contributed by atoms with Crippen molar-refractivity contribution in [3.8, 4) is 0 Å². The highest BCUT2D eigenvalue weighted by atomic mass is 79.9. The average molecular weight is 356 g/mol. The van der Waals surface area contributed by atoms with E-state index >= 15 is 0 Å². The molecule has 1 unspecified atom stereocenters. The highest BCUT2D eigenvalue weighted by molar-refractivity contribution is 9.10. The van der Waals surface area contributed by atoms with Crippen LogP contribution in [0.15, 0.2) is 28.7 Å². The summed E-state index contributed by atoms with van der Waals surface area (Å²) in [5.41, 5.74) is 0.708. The predicted octanol–water partition coefficient (Wildman–Crippen LogP) is 3.76. The van der Waals surface area contributed by atoms with E-state index in [1.807, 2.05) is 24.3 Å². The molecule has 118 valence electrons. The Morgan fingerprint density at radius 1 is 1.14 bits per heavy atom. The molecule has 1 heterocycles. The highest BCUT2D eigenvalue weighted by Gasteiger charge is 2.37. The maximum absolute atomic E-state index is 10.3. The molecule has 1 fully saturated rings. The molecule has 1 aromatic carbocycles. The van der Waals surface area contributed by atoms with Gasteiger partial charge in [0.1, 0.15) is 0 Å². The summed E-state index contributed by atoms with van der Waals surface area (Å²) in [6.07, 6.45) is 0.334. The minimum atomic E-state index is -0.410. The molecule has 4 heteroatoms. The van der Waals surface area contributed by atoms with Gasteiger partial charge in [0.2, 0.25) is 0 Å². The monoisotopic (exact) mass is 355 g/mol. The van der Waals surface area contributed by atoms with Crippen LogP contribution in [0.5, 0.6) is 0 Å². The lowest BCUT2D eigenvalue weighted by atomic mass is 9.98. The van der Waals surface area contributed by atoms with Crippen molar-refractivity contribution in [2.24, 2.45) is 0 Å². The molecule has 1 saturated heterocycles. The molecule has 2 rings (SSSR count). The third-order valence-corrected chi connectivity index (χ3v) is 4.26. The molecule has 1 aromatic rings. The van der Waals surface area contributed by atoms with Crippen molar-refractivity contribution in [1.82, 2.24) is 4.90 Å². The summed E-state index contributed by atoms with van der Waals surface area (Å²) in [6, 6.07) is 7.89. The van der Waals surface area contributed by atoms with Gasteiger partial charge in [-0.3, -0.25) is 4.90 Å². The third-order valence-electron chi connectivity index (χ3n) is 3.73. The molecular formula is C17H26BrNO2. The Morgan fingerprint density at radius 3 is 2.19 bits per heavy atom. The molecule has 0 bridgehead atoms. The van der Waals surface area contributed by atoms with Crippen LogP contribution >= 0.6 is 15.9 Å². The number of ether oxygens (including phenoxy) is 1. The van der Waals surface area contributed by atoms with Gasteiger partial charge in [-0.05, 0) is 51.8 Å². The van der Waals surface area contributed by atoms with Crippen LogP contribution in [-0.2, 0) is 4.74 Å². The van der Waals surface area contributed by atoms with Gasteiger partial charge in [-0.2, -0.15) is 0 Å². The van der Waals surface area contributed by atoms with E-state index in [1.54, 1.807) is 0 Å². The molecule has 1 N–H and O–H groups in total. The number of aliphatic hydroxyl groups is 1. The van der Waals surface area contributed by atoms with Crippen LogP contribution in [-0.4, -0.2) is 40.8 Å². The zero-order valence-electron chi connectivity index (χ0n) is 13.4. The lowest BCUT2D eigenvalue weighted by Gasteiger charge is -2.47. The van der Waals surface area contributed by atoms with Crippen LogP contribution in [0, 0.1) is 0 Å². The molecule has 0 amide bonds. The van der Waals surface area contributed by atoms with Crippen LogP contribution in [0.3, 0.4) is 0 Å². The van der Waals surface area contributed by atoms with Gasteiger partial charge >= 0.3 is 0 Å². The molecule has 3 nitrogen and oxygen atoms in total. The van der Waals surface area contributed by atoms with E-state index in [4.69, 9.17) is 4.74 Å². The number of aliphatic hydroxyl groups excluding tert-OH is 1. The topological polar surface area (TPSA) is 32.7 Å². The SMILES string of the molecule is CC1(C)CN(CCC(O)c2ccc(Br)cc2)CC(C)(C)O1. The van der Waals surface area contributed by atoms with E-state index in [2.05, 4.69) is 48.5 Å². The van der Waals surface area contributed by atoms with Crippen molar-refractivity contribution in [2.75, 3.05) is 19.6 Å². The molecule has 0 aliphatic carbocycles. The van der Waals surface area contributed by atoms with Crippen LogP contribution in [0.1, 0.15) is 45.8 Å². The lowest BCUT2D eigenvalue weighted by molar-refractivity contribution is -0.181. The number of nitrogens with zero attached hydrogens (tertiary/aromatic N) is 1. The van der Waals surface area contributed by atoms with Crippen LogP contribution < -0.4 is 0 Å². The summed E-state index contributed by atoms with van der Waals surface area (Å²) in [6.45, 7) is 11.2. The fraction of sp³-hybridized carbons (Fsp3) is 0.647. The first-order chi connectivity index (χ1) is 9.67. The summed E-state index contributed by atoms with van der Waals surface area (Å²) in [5, 5.41) is 10.3. The summed E-state index contributed by atoms with van der Waals surface area (Å²) in [5.74, 6) is 0. The summed E-state index contributed by atoms with van der Waals surface area (Å²) in [7, 11) is 0. The van der Waals surface area contributed by atoms with Gasteiger partial charge in [0.05, 0.1) is 17.3 Å². The Hall–Kier alpha value is -0.420. The minimum Gasteiger partial charge on any atom is -0.388 e. The van der Waals surface area contributed by atoms with Crippen LogP contribution in [0.4, 0.5) is 0 Å². The van der Waals surface area contributed by atoms with Gasteiger partial charge < -0.3 is 9.84 Å². The zero-order valence-corrected chi connectivity index (χ0v) is 15.0. The van der Waals surface area contributed by atoms with Crippen LogP contribution in [0.2, 0.25) is 0 Å². The Kier molecular flexibility index (Phi) is 5.14. The van der Waals surface area contributed by atoms with Gasteiger partial charge in [-0.25, -0.2) is 0 Å². The first-order valence-electron chi connectivity index (χ1n) is 7.53. The first kappa shape index (κ1) is 16.9. The van der Waals surface area contributed by atoms with Crippen molar-refractivity contribution in [2.45, 2.75) is 51.4 Å². The number of morpholine rings is 1. The van der Waals surface area contributed by atoms with Gasteiger partial charge in [0, 0.05) is 24.1 Å². The van der Waals surface area contributed by atoms with Gasteiger partial charge in [0.25, 0.3) is 0 Å². The van der Waals surface area contributed by atoms with Crippen molar-refractivity contribution in [3.63, 3.8) is 0 Å². The largest absolute Gasteiger partial charge is 0.388 e. The second-order valence-electron chi connectivity index (χ2n) is 7.19. The number of halogens is 1. The standard InChI is InChI=1S/C17H26BrNO2/c1-16(2)11-19(12-17(3,4)21-16)10-9-15(20)13-5-7-14(18)8-6-13/h5-8,15,20H,9-12H2,1-4H3. The van der Waals surface area contributed by atoms with Crippen molar-refractivity contribution >= 4 is 15.9 Å². The summed E-state index contributed by atoms with van der Waals surface area (Å²) in [4.78, 5) is 2.39. The molecular weight excluding hydrogens is 330 g/mol. The molecule has 0 saturated carbocycles. The number of hydrogen-bond acceptors (Lipinski definition) is 3. The molecule has 1 aliphatic rings. The first-order valence-corrected chi connectivity index (χ1v) is 8.32. The Bertz CT molecular complexity index is 454. The van der Waals surface area contributed by atoms with Gasteiger partial charge in [-0.1, -0.05) is 28.1 Å². The quantitative estimate of drug-likeness (QED) is 0.892. The van der Waals surface area contributed by atoms with E-state index in [-0.39, 0.29) is 11.2 Å². The molecule has 0 spiro atoms. The molecule has 1 aliphatic heterocycles. The van der Waals surface area contributed by atoms with Crippen molar-refractivity contribution < 1.29 is 9.84 Å². The lowest BCUT2D eigenvalue weighted by Crippen LogP contribution is -2.57. The Labute approximate surface area is 136 Å². The van der Waals surface area contributed by atoms with E-state index in [1.165, 1.54) is 0 Å². The molecule has 21 heavy (non-hydrogen) atoms. The number of hydrogen-bond donors (Lipinski definition) is 1. The van der Waals surface area contributed by atoms with Gasteiger partial charge in [-0.15, -0.1) is 0 Å². The predicted molar refractivity (Wildman–Crippen MR) is 89.4 cm³/mol. The van der Waals surface area contributed by atoms with E-state index < -0.39 is 6.10 Å². The number of benzene rings is 1. The smallest absolute Gasteiger partial charge is 0.0802 e. The van der Waals surface area contributed by atoms with E-state index in [0.717, 1.165) is 36.1 Å². The fourth-order valence-electron chi connectivity index (χ4n) is 3.26. The highest BCUT2D eigenvalue weighted by Crippen LogP contribution is 2.29. The molecule has 0 radical (unpaired) electrons. The van der Waals surface area contributed by atoms with Crippen molar-refractivity contribution in [3.05, 3.63) is 34.3 Å². The Balaban J connectivity index is 1.91. The summed E-state index contributed by atoms with van der Waals surface area (Å²) >= 11 is 3.42. The van der Waals surface area contributed by atoms with E-state index in [9.17, 15) is 5.11 Å². The van der Waals surface area contributed by atoms with Gasteiger partial charge in [0.15, 0.2) is 0 Å². The van der Waals surface area contributed by atoms with Crippen molar-refractivity contribution in [1.29, 1.82) is 0 Å². The third kappa shape index (κ3) is 5.06. The second kappa shape index (κ2) is 6.37. The zero-order chi connectivity index (χ0) is 15.7. The maximum atomic E-state index is 10.3. The Morgan fingerprint density at radius 2 is 1.67 bits per heavy atom. The normalized spacial score (nSPS) is 23.0. The summed E-state index contributed by atoms with van der Waals surface area (Å²) < 4.78 is 7.12. The second-order valence-corrected chi connectivity index (χ2v) is 8.10. The fourth-order valence-corrected chi connectivity index (χ4v) is 3.52. The molecule has 1 atom stereocenters. The van der Waals surface area contributed by atoms with E-state index in [0.29, 0.717) is 0 Å². The number of rotatable bonds is 4. The minimum absolute atomic E-state index is 0.135. The molecule has 0 aromatic heterocycles. The maximum Gasteiger partial charge on any atom is 0.0802 e. The average Bonchev–Trinajstić information content (AvgIpc) is 2.33.